The van der Waals surface area contributed by atoms with Crippen LogP contribution in [-0.2, 0) is 33.6 Å². The molecule has 20 aliphatic rings. The van der Waals surface area contributed by atoms with Gasteiger partial charge in [0.1, 0.15) is 40.4 Å². The standard InChI is InChI=1S/C21H30F2O2.C21H28F2O2.C21H26F2O2.C19H24F2O2.C19H24O3/c3*1-3-21(25)9-8-17-15-6-4-12-10-13(24)5-7-14(12)18(15)16(19(22)23)11-20(17,21)2;1-19-9-14(18(20)21)17-12-5-3-11(22)8-10(12)2-4-13(17)15(19)6-7-16(19)23;1-19-9-12(10-20)18-14-5-3-13(21)8-11(14)2-4-15(18)16(19)6-7-17(19)22/h1,12-19,24-25H,4-11H2,2H3;1,12,14-19,25H,4-11H2,2H3;1,10,14-19,25H,4-9,11H2,2H3;8,12-15,17-18H,2-7,9H2,1H3;8,10,12,14-16,18H,2-7,9H2,1H3/t12-,13-,14?,15?,16-,17?,18?,20-,21-;12-,14?,15?,16-,17?,18?,20-,21-;14?,15?,16-,17?,18?,20-,21-;12?,13?,14-,15?,17?,19-;12-,14?,15?,16?,18?,19+/m00001/s1. The highest BCUT2D eigenvalue weighted by atomic mass is 19.3. The molecule has 0 bridgehead atoms. The second kappa shape index (κ2) is 32.9. The molecule has 20 aliphatic carbocycles. The summed E-state index contributed by atoms with van der Waals surface area (Å²) < 4.78 is 112. The Bertz CT molecular complexity index is 4220. The van der Waals surface area contributed by atoms with E-state index in [1.807, 2.05) is 33.8 Å². The number of ketones is 6. The first-order valence-corrected chi connectivity index (χ1v) is 47.0. The van der Waals surface area contributed by atoms with E-state index >= 15 is 0 Å². The third-order valence-electron chi connectivity index (χ3n) is 39.9. The number of Topliss-reactive ketones (excluding diaryl/α,β-unsaturated/α-hetero) is 3. The van der Waals surface area contributed by atoms with Crippen LogP contribution in [0, 0.1) is 224 Å². The largest absolute Gasteiger partial charge is 0.393 e. The maximum atomic E-state index is 14.1. The van der Waals surface area contributed by atoms with Crippen LogP contribution in [0.25, 0.3) is 0 Å². The number of aliphatic hydroxyl groups excluding tert-OH is 1. The van der Waals surface area contributed by atoms with Crippen molar-refractivity contribution in [2.75, 3.05) is 0 Å². The number of fused-ring (bicyclic) bond motifs is 25. The van der Waals surface area contributed by atoms with Gasteiger partial charge in [-0.3, -0.25) is 28.8 Å². The van der Waals surface area contributed by atoms with Gasteiger partial charge in [0.05, 0.1) is 6.10 Å². The zero-order valence-electron chi connectivity index (χ0n) is 71.3. The van der Waals surface area contributed by atoms with Crippen LogP contribution in [0.15, 0.2) is 34.9 Å². The number of aldehydes is 1. The number of aliphatic hydroxyl groups is 4. The monoisotopic (exact) mass is 1670 g/mol. The lowest BCUT2D eigenvalue weighted by molar-refractivity contribution is -0.165. The van der Waals surface area contributed by atoms with Gasteiger partial charge in [0.2, 0.25) is 25.7 Å². The number of carbonyl (C=O) groups excluding carboxylic acids is 7. The maximum absolute atomic E-state index is 14.1. The SMILES string of the molecule is C#C[C@]1(O)CCC2C3CCC4=CC(=O)CCC4C3[C@@H](C(F)F)C[C@@]21C.C#C[C@]1(O)CCC2C3CC[C@H]4CC(=O)CCC4C3[C@@H](C(F)F)C[C@@]21C.C#C[C@]1(O)CCC2C3CC[C@H]4C[C@@H](O)CCC4C3[C@@H](C(F)F)C[C@@]21C.C[C@]12C[C@H](C(F)F)C3C4CCC(=O)C=C4CCC3C1CCC2=O.C[C@]12C[C@H](C=O)C3C4CCC(=O)C=C4CCC3C1CCC2=O. The van der Waals surface area contributed by atoms with E-state index < -0.39 is 87.8 Å². The molecule has 0 aliphatic heterocycles. The van der Waals surface area contributed by atoms with E-state index in [1.165, 1.54) is 5.57 Å². The Kier molecular flexibility index (Phi) is 24.2. The van der Waals surface area contributed by atoms with Crippen molar-refractivity contribution in [3.05, 3.63) is 34.9 Å². The molecule has 658 valence electrons. The van der Waals surface area contributed by atoms with Crippen LogP contribution in [0.4, 0.5) is 35.1 Å². The van der Waals surface area contributed by atoms with Gasteiger partial charge in [0.25, 0.3) is 0 Å². The van der Waals surface area contributed by atoms with Crippen molar-refractivity contribution in [2.45, 2.75) is 321 Å². The van der Waals surface area contributed by atoms with Gasteiger partial charge in [-0.1, -0.05) is 69.1 Å². The molecule has 0 radical (unpaired) electrons. The van der Waals surface area contributed by atoms with Gasteiger partial charge in [0, 0.05) is 102 Å². The number of terminal acetylenes is 3. The number of allylic oxidation sites excluding steroid dienone is 3. The van der Waals surface area contributed by atoms with Gasteiger partial charge >= 0.3 is 0 Å². The molecule has 0 aromatic rings. The third-order valence-corrected chi connectivity index (χ3v) is 39.9. The zero-order valence-corrected chi connectivity index (χ0v) is 71.3. The number of hydrogen-bond donors (Lipinski definition) is 4. The van der Waals surface area contributed by atoms with Crippen molar-refractivity contribution in [3.8, 4) is 37.0 Å². The first kappa shape index (κ1) is 88.3. The van der Waals surface area contributed by atoms with Crippen LogP contribution in [0.1, 0.15) is 272 Å². The molecule has 36 atom stereocenters. The van der Waals surface area contributed by atoms with Gasteiger partial charge in [-0.05, 0) is 341 Å². The van der Waals surface area contributed by atoms with Crippen LogP contribution < -0.4 is 0 Å². The van der Waals surface area contributed by atoms with E-state index in [0.717, 1.165) is 159 Å². The summed E-state index contributed by atoms with van der Waals surface area (Å²) in [5.74, 6) is 11.3. The molecule has 0 amide bonds. The molecule has 17 fully saturated rings. The Balaban J connectivity index is 0.000000112. The topological polar surface area (TPSA) is 200 Å². The summed E-state index contributed by atoms with van der Waals surface area (Å²) in [5, 5.41) is 43.0. The Morgan fingerprint density at radius 3 is 1.12 bits per heavy atom. The second-order valence-electron chi connectivity index (χ2n) is 44.1. The summed E-state index contributed by atoms with van der Waals surface area (Å²) >= 11 is 0. The average Bonchev–Trinajstić information content (AvgIpc) is 1.54. The fourth-order valence-corrected chi connectivity index (χ4v) is 34.5. The lowest BCUT2D eigenvalue weighted by atomic mass is 9.46. The molecule has 0 spiro atoms. The summed E-state index contributed by atoms with van der Waals surface area (Å²) in [6.07, 6.45) is 40.4. The molecule has 0 aromatic heterocycles. The molecule has 4 N–H and O–H groups in total. The number of rotatable bonds is 5. The zero-order chi connectivity index (χ0) is 85.8. The fraction of sp³-hybridized carbons (Fsp3) is 0.812. The minimum Gasteiger partial charge on any atom is -0.393 e. The van der Waals surface area contributed by atoms with E-state index in [1.54, 1.807) is 12.2 Å². The Hall–Kier alpha value is -5.13. The normalized spacial score (nSPS) is 50.1. The summed E-state index contributed by atoms with van der Waals surface area (Å²) in [6, 6.07) is 0. The molecule has 17 saturated carbocycles. The molecular weight excluding hydrogens is 1540 g/mol. The van der Waals surface area contributed by atoms with Crippen molar-refractivity contribution < 1.29 is 89.1 Å². The van der Waals surface area contributed by atoms with Crippen LogP contribution >= 0.6 is 0 Å². The smallest absolute Gasteiger partial charge is 0.241 e. The minimum atomic E-state index is -2.41. The van der Waals surface area contributed by atoms with Gasteiger partial charge in [-0.2, -0.15) is 0 Å². The highest BCUT2D eigenvalue weighted by molar-refractivity contribution is 5.93. The van der Waals surface area contributed by atoms with Gasteiger partial charge in [-0.25, -0.2) is 35.1 Å². The first-order valence-electron chi connectivity index (χ1n) is 47.0. The molecule has 20 rings (SSSR count). The Morgan fingerprint density at radius 1 is 0.375 bits per heavy atom. The molecule has 120 heavy (non-hydrogen) atoms. The number of alkyl halides is 8. The van der Waals surface area contributed by atoms with Crippen LogP contribution in [0.3, 0.4) is 0 Å². The molecule has 20 unspecified atom stereocenters. The third kappa shape index (κ3) is 14.3. The van der Waals surface area contributed by atoms with Crippen molar-refractivity contribution in [1.29, 1.82) is 0 Å². The number of halogens is 8. The van der Waals surface area contributed by atoms with Gasteiger partial charge in [0.15, 0.2) is 17.3 Å². The predicted octanol–water partition coefficient (Wildman–Crippen LogP) is 19.2. The van der Waals surface area contributed by atoms with Crippen LogP contribution in [0.2, 0.25) is 0 Å². The molecule has 0 heterocycles. The molecule has 19 heteroatoms. The second-order valence-corrected chi connectivity index (χ2v) is 44.1. The van der Waals surface area contributed by atoms with Crippen LogP contribution in [0.5, 0.6) is 0 Å². The van der Waals surface area contributed by atoms with Crippen molar-refractivity contribution in [1.82, 2.24) is 0 Å². The van der Waals surface area contributed by atoms with Gasteiger partial charge in [-0.15, -0.1) is 19.3 Å². The number of hydrogen-bond acceptors (Lipinski definition) is 11. The molecular formula is C101H132F8O11. The first-order chi connectivity index (χ1) is 56.9. The number of carbonyl (C=O) groups is 7. The highest BCUT2D eigenvalue weighted by Crippen LogP contribution is 2.73. The highest BCUT2D eigenvalue weighted by Gasteiger charge is 2.71. The van der Waals surface area contributed by atoms with Crippen molar-refractivity contribution in [2.24, 2.45) is 187 Å². The lowest BCUT2D eigenvalue weighted by Crippen LogP contribution is -2.57. The summed E-state index contributed by atoms with van der Waals surface area (Å²) in [6.45, 7) is 9.90. The van der Waals surface area contributed by atoms with Crippen LogP contribution in [-0.4, -0.2) is 110 Å². The molecule has 0 saturated heterocycles. The van der Waals surface area contributed by atoms with E-state index in [2.05, 4.69) is 24.7 Å². The van der Waals surface area contributed by atoms with E-state index in [0.29, 0.717) is 143 Å². The summed E-state index contributed by atoms with van der Waals surface area (Å²) in [4.78, 5) is 83.6. The molecule has 0 aromatic carbocycles. The van der Waals surface area contributed by atoms with E-state index in [9.17, 15) is 89.1 Å². The van der Waals surface area contributed by atoms with Crippen molar-refractivity contribution in [3.63, 3.8) is 0 Å². The molecule has 11 nitrogen and oxygen atoms in total. The predicted molar refractivity (Wildman–Crippen MR) is 437 cm³/mol. The van der Waals surface area contributed by atoms with Crippen molar-refractivity contribution >= 4 is 41.0 Å². The van der Waals surface area contributed by atoms with E-state index in [4.69, 9.17) is 19.3 Å². The maximum Gasteiger partial charge on any atom is 0.241 e. The minimum absolute atomic E-state index is 0.00444. The Morgan fingerprint density at radius 2 is 0.717 bits per heavy atom. The lowest BCUT2D eigenvalue weighted by Gasteiger charge is -2.59. The fourth-order valence-electron chi connectivity index (χ4n) is 34.5. The average molecular weight is 1670 g/mol. The quantitative estimate of drug-likeness (QED) is 0.116. The van der Waals surface area contributed by atoms with Gasteiger partial charge < -0.3 is 25.2 Å². The summed E-state index contributed by atoms with van der Waals surface area (Å²) in [5.41, 5.74) is -2.90. The summed E-state index contributed by atoms with van der Waals surface area (Å²) in [7, 11) is 0. The Labute approximate surface area is 706 Å². The van der Waals surface area contributed by atoms with E-state index in [-0.39, 0.29) is 136 Å².